The second-order valence-electron chi connectivity index (χ2n) is 6.31. The summed E-state index contributed by atoms with van der Waals surface area (Å²) in [7, 11) is 3.16. The number of rotatable bonds is 8. The number of carbonyl (C=O) groups is 2. The fourth-order valence-electron chi connectivity index (χ4n) is 2.81. The van der Waals surface area contributed by atoms with E-state index in [1.807, 2.05) is 12.1 Å². The first-order valence-corrected chi connectivity index (χ1v) is 9.94. The Morgan fingerprint density at radius 2 is 1.70 bits per heavy atom. The summed E-state index contributed by atoms with van der Waals surface area (Å²) in [5, 5.41) is 5.60. The smallest absolute Gasteiger partial charge is 0.291 e. The molecule has 0 bridgehead atoms. The van der Waals surface area contributed by atoms with Crippen molar-refractivity contribution in [3.05, 3.63) is 76.2 Å². The summed E-state index contributed by atoms with van der Waals surface area (Å²) in [6, 6.07) is 13.6. The number of benzene rings is 2. The largest absolute Gasteiger partial charge is 0.493 e. The van der Waals surface area contributed by atoms with Gasteiger partial charge in [-0.15, -0.1) is 0 Å². The molecule has 2 aromatic carbocycles. The van der Waals surface area contributed by atoms with Crippen LogP contribution in [0.2, 0.25) is 0 Å². The molecule has 0 unspecified atom stereocenters. The number of anilines is 1. The molecule has 0 aliphatic heterocycles. The van der Waals surface area contributed by atoms with Gasteiger partial charge >= 0.3 is 0 Å². The van der Waals surface area contributed by atoms with Crippen LogP contribution in [-0.2, 0) is 6.42 Å². The third-order valence-electron chi connectivity index (χ3n) is 4.38. The molecule has 3 rings (SSSR count). The van der Waals surface area contributed by atoms with Crippen molar-refractivity contribution in [2.75, 3.05) is 26.1 Å². The van der Waals surface area contributed by atoms with Gasteiger partial charge in [0.05, 0.1) is 20.5 Å². The van der Waals surface area contributed by atoms with E-state index in [0.29, 0.717) is 35.7 Å². The first-order valence-electron chi connectivity index (χ1n) is 9.15. The Hall–Kier alpha value is -3.26. The predicted molar refractivity (Wildman–Crippen MR) is 116 cm³/mol. The molecule has 3 aromatic rings. The van der Waals surface area contributed by atoms with Gasteiger partial charge in [-0.1, -0.05) is 15.9 Å². The summed E-state index contributed by atoms with van der Waals surface area (Å²) >= 11 is 3.52. The van der Waals surface area contributed by atoms with Gasteiger partial charge in [0.1, 0.15) is 0 Å². The Labute approximate surface area is 182 Å². The van der Waals surface area contributed by atoms with Gasteiger partial charge in [-0.05, 0) is 60.5 Å². The monoisotopic (exact) mass is 472 g/mol. The van der Waals surface area contributed by atoms with Gasteiger partial charge < -0.3 is 24.5 Å². The van der Waals surface area contributed by atoms with E-state index in [2.05, 4.69) is 26.6 Å². The summed E-state index contributed by atoms with van der Waals surface area (Å²) in [6.45, 7) is 0.448. The van der Waals surface area contributed by atoms with E-state index in [-0.39, 0.29) is 17.6 Å². The lowest BCUT2D eigenvalue weighted by molar-refractivity contribution is 0.0953. The first-order chi connectivity index (χ1) is 14.5. The highest BCUT2D eigenvalue weighted by molar-refractivity contribution is 9.10. The molecule has 0 saturated carbocycles. The van der Waals surface area contributed by atoms with Crippen LogP contribution in [0.5, 0.6) is 11.5 Å². The number of nitrogens with one attached hydrogen (secondary N) is 2. The minimum atomic E-state index is -0.349. The first kappa shape index (κ1) is 21.4. The van der Waals surface area contributed by atoms with E-state index in [4.69, 9.17) is 13.9 Å². The molecule has 0 radical (unpaired) electrons. The van der Waals surface area contributed by atoms with Gasteiger partial charge in [0.25, 0.3) is 11.8 Å². The van der Waals surface area contributed by atoms with Crippen LogP contribution in [0, 0.1) is 0 Å². The second-order valence-corrected chi connectivity index (χ2v) is 7.17. The van der Waals surface area contributed by atoms with Crippen molar-refractivity contribution in [3.8, 4) is 11.5 Å². The van der Waals surface area contributed by atoms with Gasteiger partial charge in [-0.25, -0.2) is 0 Å². The molecule has 156 valence electrons. The highest BCUT2D eigenvalue weighted by Gasteiger charge is 2.12. The van der Waals surface area contributed by atoms with Gasteiger partial charge in [-0.2, -0.15) is 0 Å². The van der Waals surface area contributed by atoms with Crippen LogP contribution < -0.4 is 20.1 Å². The lowest BCUT2D eigenvalue weighted by Gasteiger charge is -2.12. The molecule has 2 N–H and O–H groups in total. The van der Waals surface area contributed by atoms with E-state index in [0.717, 1.165) is 10.0 Å². The van der Waals surface area contributed by atoms with Crippen LogP contribution in [0.1, 0.15) is 26.5 Å². The van der Waals surface area contributed by atoms with E-state index in [1.54, 1.807) is 50.6 Å². The summed E-state index contributed by atoms with van der Waals surface area (Å²) < 4.78 is 16.5. The van der Waals surface area contributed by atoms with E-state index < -0.39 is 0 Å². The maximum Gasteiger partial charge on any atom is 0.291 e. The average Bonchev–Trinajstić information content (AvgIpc) is 3.30. The van der Waals surface area contributed by atoms with Crippen LogP contribution in [0.4, 0.5) is 5.69 Å². The summed E-state index contributed by atoms with van der Waals surface area (Å²) in [4.78, 5) is 24.4. The minimum absolute atomic E-state index is 0.199. The molecular weight excluding hydrogens is 452 g/mol. The highest BCUT2D eigenvalue weighted by Crippen LogP contribution is 2.33. The molecule has 0 saturated heterocycles. The van der Waals surface area contributed by atoms with Crippen molar-refractivity contribution >= 4 is 33.4 Å². The highest BCUT2D eigenvalue weighted by atomic mass is 79.9. The van der Waals surface area contributed by atoms with Crippen molar-refractivity contribution in [1.82, 2.24) is 5.32 Å². The third-order valence-corrected chi connectivity index (χ3v) is 5.12. The van der Waals surface area contributed by atoms with Crippen LogP contribution in [0.3, 0.4) is 0 Å². The third kappa shape index (κ3) is 5.21. The zero-order valence-corrected chi connectivity index (χ0v) is 18.1. The van der Waals surface area contributed by atoms with Crippen molar-refractivity contribution in [3.63, 3.8) is 0 Å². The molecule has 8 heteroatoms. The zero-order chi connectivity index (χ0) is 21.5. The van der Waals surface area contributed by atoms with Crippen LogP contribution >= 0.6 is 15.9 Å². The number of ether oxygens (including phenoxy) is 2. The summed E-state index contributed by atoms with van der Waals surface area (Å²) in [5.74, 6) is 0.942. The van der Waals surface area contributed by atoms with Gasteiger partial charge in [0.15, 0.2) is 17.3 Å². The lowest BCUT2D eigenvalue weighted by atomic mass is 10.1. The van der Waals surface area contributed by atoms with Crippen molar-refractivity contribution in [2.45, 2.75) is 6.42 Å². The summed E-state index contributed by atoms with van der Waals surface area (Å²) in [5.41, 5.74) is 2.06. The molecule has 0 fully saturated rings. The van der Waals surface area contributed by atoms with Crippen molar-refractivity contribution in [2.24, 2.45) is 0 Å². The number of amides is 2. The number of methoxy groups -OCH3 is 2. The fraction of sp³-hybridized carbons (Fsp3) is 0.182. The summed E-state index contributed by atoms with van der Waals surface area (Å²) in [6.07, 6.45) is 2.05. The zero-order valence-electron chi connectivity index (χ0n) is 16.5. The number of hydrogen-bond acceptors (Lipinski definition) is 5. The quantitative estimate of drug-likeness (QED) is 0.510. The Morgan fingerprint density at radius 1 is 1.00 bits per heavy atom. The van der Waals surface area contributed by atoms with E-state index >= 15 is 0 Å². The molecule has 30 heavy (non-hydrogen) atoms. The average molecular weight is 473 g/mol. The molecule has 7 nitrogen and oxygen atoms in total. The molecule has 0 atom stereocenters. The Morgan fingerprint density at radius 3 is 2.33 bits per heavy atom. The van der Waals surface area contributed by atoms with E-state index in [9.17, 15) is 9.59 Å². The maximum atomic E-state index is 12.4. The number of carbonyl (C=O) groups excluding carboxylic acids is 2. The molecular formula is C22H21BrN2O5. The Bertz CT molecular complexity index is 1020. The normalized spacial score (nSPS) is 10.4. The number of furan rings is 1. The molecule has 2 amide bonds. The van der Waals surface area contributed by atoms with Crippen LogP contribution in [-0.4, -0.2) is 32.6 Å². The number of halogens is 1. The van der Waals surface area contributed by atoms with Crippen molar-refractivity contribution in [1.29, 1.82) is 0 Å². The lowest BCUT2D eigenvalue weighted by Crippen LogP contribution is -2.25. The molecule has 0 aliphatic rings. The number of hydrogen-bond donors (Lipinski definition) is 2. The minimum Gasteiger partial charge on any atom is -0.493 e. The second kappa shape index (κ2) is 9.98. The van der Waals surface area contributed by atoms with Gasteiger partial charge in [0, 0.05) is 22.3 Å². The fourth-order valence-corrected chi connectivity index (χ4v) is 3.33. The van der Waals surface area contributed by atoms with Gasteiger partial charge in [0.2, 0.25) is 0 Å². The van der Waals surface area contributed by atoms with Crippen LogP contribution in [0.25, 0.3) is 0 Å². The SMILES string of the molecule is COc1cc(Br)c(CCNC(=O)c2ccc(NC(=O)c3ccco3)cc2)cc1OC. The van der Waals surface area contributed by atoms with Crippen molar-refractivity contribution < 1.29 is 23.5 Å². The molecule has 0 aliphatic carbocycles. The predicted octanol–water partition coefficient (Wildman–Crippen LogP) is 4.28. The topological polar surface area (TPSA) is 89.8 Å². The Kier molecular flexibility index (Phi) is 7.13. The van der Waals surface area contributed by atoms with E-state index in [1.165, 1.54) is 6.26 Å². The molecule has 1 aromatic heterocycles. The molecule has 0 spiro atoms. The maximum absolute atomic E-state index is 12.4. The van der Waals surface area contributed by atoms with Crippen LogP contribution in [0.15, 0.2) is 63.7 Å². The van der Waals surface area contributed by atoms with Gasteiger partial charge in [-0.3, -0.25) is 9.59 Å². The Balaban J connectivity index is 1.54. The standard InChI is InChI=1S/C22H21BrN2O5/c1-28-19-12-15(17(23)13-20(19)29-2)9-10-24-21(26)14-5-7-16(8-6-14)25-22(27)18-4-3-11-30-18/h3-8,11-13H,9-10H2,1-2H3,(H,24,26)(H,25,27). The molecule has 1 heterocycles.